The Bertz CT molecular complexity index is 1110. The van der Waals surface area contributed by atoms with Crippen molar-refractivity contribution in [3.63, 3.8) is 0 Å². The second-order valence-electron chi connectivity index (χ2n) is 7.60. The Kier molecular flexibility index (Phi) is 8.31. The van der Waals surface area contributed by atoms with Crippen molar-refractivity contribution < 1.29 is 9.90 Å². The Morgan fingerprint density at radius 3 is 1.94 bits per heavy atom. The highest BCUT2D eigenvalue weighted by molar-refractivity contribution is 8.03. The van der Waals surface area contributed by atoms with Crippen LogP contribution in [0, 0.1) is 0 Å². The SMILES string of the molecule is O=C(NCCCO)c1csc(C=CSC(c2ccccc2)(c2ccccc2)c2ccccc2)n1. The minimum atomic E-state index is -0.442. The standard InChI is InChI=1S/C28H26N2O2S2/c31-19-10-18-29-27(32)25-21-33-26(30-25)17-20-34-28(22-11-4-1-5-12-22,23-13-6-2-7-14-23)24-15-8-3-9-16-24/h1-9,11-17,20-21,31H,10,18-19H2,(H,29,32). The molecular weight excluding hydrogens is 460 g/mol. The van der Waals surface area contributed by atoms with Crippen LogP contribution in [0.1, 0.15) is 38.6 Å². The van der Waals surface area contributed by atoms with E-state index >= 15 is 0 Å². The number of hydrogen-bond acceptors (Lipinski definition) is 5. The Morgan fingerprint density at radius 1 is 0.912 bits per heavy atom. The summed E-state index contributed by atoms with van der Waals surface area (Å²) < 4.78 is -0.442. The number of benzene rings is 3. The fraction of sp³-hybridized carbons (Fsp3) is 0.143. The lowest BCUT2D eigenvalue weighted by Crippen LogP contribution is -2.25. The van der Waals surface area contributed by atoms with Crippen molar-refractivity contribution in [2.24, 2.45) is 0 Å². The molecule has 0 bridgehead atoms. The first-order valence-electron chi connectivity index (χ1n) is 11.1. The number of amides is 1. The van der Waals surface area contributed by atoms with Crippen molar-refractivity contribution in [1.29, 1.82) is 0 Å². The van der Waals surface area contributed by atoms with Crippen LogP contribution in [0.25, 0.3) is 6.08 Å². The van der Waals surface area contributed by atoms with Crippen molar-refractivity contribution in [3.05, 3.63) is 129 Å². The Hall–Kier alpha value is -3.19. The van der Waals surface area contributed by atoms with E-state index in [0.717, 1.165) is 5.01 Å². The predicted molar refractivity (Wildman–Crippen MR) is 142 cm³/mol. The van der Waals surface area contributed by atoms with Crippen LogP contribution >= 0.6 is 23.1 Å². The van der Waals surface area contributed by atoms with Crippen LogP contribution in [-0.4, -0.2) is 29.1 Å². The maximum atomic E-state index is 12.2. The molecule has 0 fully saturated rings. The third kappa shape index (κ3) is 5.47. The molecule has 4 nitrogen and oxygen atoms in total. The van der Waals surface area contributed by atoms with E-state index in [1.165, 1.54) is 28.0 Å². The molecule has 1 aromatic heterocycles. The molecule has 0 atom stereocenters. The summed E-state index contributed by atoms with van der Waals surface area (Å²) in [6, 6.07) is 31.5. The maximum absolute atomic E-state index is 12.2. The van der Waals surface area contributed by atoms with Gasteiger partial charge in [0.1, 0.15) is 10.7 Å². The van der Waals surface area contributed by atoms with E-state index in [1.54, 1.807) is 17.1 Å². The zero-order valence-electron chi connectivity index (χ0n) is 18.6. The third-order valence-corrected chi connectivity index (χ3v) is 7.51. The molecule has 0 saturated carbocycles. The minimum Gasteiger partial charge on any atom is -0.396 e. The van der Waals surface area contributed by atoms with Crippen molar-refractivity contribution in [1.82, 2.24) is 10.3 Å². The monoisotopic (exact) mass is 486 g/mol. The molecule has 4 aromatic rings. The number of thioether (sulfide) groups is 1. The summed E-state index contributed by atoms with van der Waals surface area (Å²) in [6.45, 7) is 0.482. The first-order valence-corrected chi connectivity index (χ1v) is 12.9. The highest BCUT2D eigenvalue weighted by atomic mass is 32.2. The molecule has 0 aliphatic carbocycles. The summed E-state index contributed by atoms with van der Waals surface area (Å²) in [7, 11) is 0. The summed E-state index contributed by atoms with van der Waals surface area (Å²) in [5.41, 5.74) is 3.95. The molecular formula is C28H26N2O2S2. The molecule has 6 heteroatoms. The van der Waals surface area contributed by atoms with Crippen molar-refractivity contribution in [3.8, 4) is 0 Å². The molecule has 0 spiro atoms. The molecule has 1 amide bonds. The van der Waals surface area contributed by atoms with Crippen LogP contribution in [0.2, 0.25) is 0 Å². The minimum absolute atomic E-state index is 0.0501. The summed E-state index contributed by atoms with van der Waals surface area (Å²) in [6.07, 6.45) is 2.49. The number of aliphatic hydroxyl groups is 1. The quantitative estimate of drug-likeness (QED) is 0.215. The number of aromatic nitrogens is 1. The van der Waals surface area contributed by atoms with Gasteiger partial charge in [0.15, 0.2) is 0 Å². The fourth-order valence-corrected chi connectivity index (χ4v) is 5.75. The van der Waals surface area contributed by atoms with Gasteiger partial charge in [-0.15, -0.1) is 23.1 Å². The van der Waals surface area contributed by atoms with Gasteiger partial charge in [-0.3, -0.25) is 4.79 Å². The largest absolute Gasteiger partial charge is 0.396 e. The Morgan fingerprint density at radius 2 is 1.44 bits per heavy atom. The lowest BCUT2D eigenvalue weighted by molar-refractivity contribution is 0.0947. The van der Waals surface area contributed by atoms with Gasteiger partial charge in [0.25, 0.3) is 5.91 Å². The fourth-order valence-electron chi connectivity index (χ4n) is 3.76. The molecule has 0 saturated heterocycles. The molecule has 0 radical (unpaired) electrons. The van der Waals surface area contributed by atoms with Gasteiger partial charge in [0.2, 0.25) is 0 Å². The number of rotatable bonds is 10. The molecule has 1 heterocycles. The second-order valence-corrected chi connectivity index (χ2v) is 9.61. The second kappa shape index (κ2) is 11.8. The number of nitrogens with zero attached hydrogens (tertiary/aromatic N) is 1. The normalized spacial score (nSPS) is 11.6. The molecule has 2 N–H and O–H groups in total. The zero-order valence-corrected chi connectivity index (χ0v) is 20.3. The van der Waals surface area contributed by atoms with Gasteiger partial charge in [-0.05, 0) is 34.6 Å². The summed E-state index contributed by atoms with van der Waals surface area (Å²) in [5.74, 6) is -0.218. The van der Waals surface area contributed by atoms with Gasteiger partial charge in [0, 0.05) is 18.5 Å². The smallest absolute Gasteiger partial charge is 0.270 e. The van der Waals surface area contributed by atoms with Gasteiger partial charge in [-0.2, -0.15) is 0 Å². The molecule has 0 aliphatic rings. The van der Waals surface area contributed by atoms with Crippen LogP contribution in [-0.2, 0) is 4.75 Å². The predicted octanol–water partition coefficient (Wildman–Crippen LogP) is 5.95. The molecule has 4 rings (SSSR count). The van der Waals surface area contributed by atoms with E-state index in [4.69, 9.17) is 5.11 Å². The van der Waals surface area contributed by atoms with E-state index < -0.39 is 4.75 Å². The average Bonchev–Trinajstić information content (AvgIpc) is 3.37. The number of carbonyl (C=O) groups is 1. The summed E-state index contributed by atoms with van der Waals surface area (Å²) in [4.78, 5) is 16.7. The first-order chi connectivity index (χ1) is 16.7. The van der Waals surface area contributed by atoms with Gasteiger partial charge >= 0.3 is 0 Å². The molecule has 0 unspecified atom stereocenters. The lowest BCUT2D eigenvalue weighted by atomic mass is 9.84. The van der Waals surface area contributed by atoms with Crippen LogP contribution in [0.3, 0.4) is 0 Å². The van der Waals surface area contributed by atoms with Crippen LogP contribution < -0.4 is 5.32 Å². The van der Waals surface area contributed by atoms with Gasteiger partial charge < -0.3 is 10.4 Å². The van der Waals surface area contributed by atoms with Crippen molar-refractivity contribution in [2.45, 2.75) is 11.2 Å². The summed E-state index contributed by atoms with van der Waals surface area (Å²) in [5, 5.41) is 16.3. The highest BCUT2D eigenvalue weighted by Crippen LogP contribution is 2.49. The number of carbonyl (C=O) groups excluding carboxylic acids is 1. The molecule has 172 valence electrons. The number of thiazole rings is 1. The molecule has 3 aromatic carbocycles. The van der Waals surface area contributed by atoms with Gasteiger partial charge in [0.05, 0.1) is 4.75 Å². The molecule has 0 aliphatic heterocycles. The van der Waals surface area contributed by atoms with Crippen molar-refractivity contribution in [2.75, 3.05) is 13.2 Å². The number of aliphatic hydroxyl groups excluding tert-OH is 1. The van der Waals surface area contributed by atoms with Crippen LogP contribution in [0.5, 0.6) is 0 Å². The number of nitrogens with one attached hydrogen (secondary N) is 1. The van der Waals surface area contributed by atoms with E-state index in [0.29, 0.717) is 18.7 Å². The first kappa shape index (κ1) is 24.0. The third-order valence-electron chi connectivity index (χ3n) is 5.37. The topological polar surface area (TPSA) is 62.2 Å². The van der Waals surface area contributed by atoms with Crippen LogP contribution in [0.4, 0.5) is 0 Å². The average molecular weight is 487 g/mol. The van der Waals surface area contributed by atoms with Crippen molar-refractivity contribution >= 4 is 35.1 Å². The van der Waals surface area contributed by atoms with Gasteiger partial charge in [-0.25, -0.2) is 4.98 Å². The van der Waals surface area contributed by atoms with E-state index in [-0.39, 0.29) is 12.5 Å². The zero-order chi connectivity index (χ0) is 23.6. The molecule has 34 heavy (non-hydrogen) atoms. The maximum Gasteiger partial charge on any atom is 0.270 e. The van der Waals surface area contributed by atoms with Gasteiger partial charge in [-0.1, -0.05) is 91.0 Å². The Balaban J connectivity index is 1.66. The van der Waals surface area contributed by atoms with E-state index in [1.807, 2.05) is 24.3 Å². The number of hydrogen-bond donors (Lipinski definition) is 2. The Labute approximate surface area is 208 Å². The van der Waals surface area contributed by atoms with Crippen LogP contribution in [0.15, 0.2) is 102 Å². The lowest BCUT2D eigenvalue weighted by Gasteiger charge is -2.34. The van der Waals surface area contributed by atoms with E-state index in [9.17, 15) is 4.79 Å². The highest BCUT2D eigenvalue weighted by Gasteiger charge is 2.36. The summed E-state index contributed by atoms with van der Waals surface area (Å²) >= 11 is 3.15. The van der Waals surface area contributed by atoms with E-state index in [2.05, 4.69) is 88.5 Å².